The fraction of sp³-hybridized carbons (Fsp3) is 0.867. The van der Waals surface area contributed by atoms with E-state index in [9.17, 15) is 0 Å². The lowest BCUT2D eigenvalue weighted by atomic mass is 10.1. The lowest BCUT2D eigenvalue weighted by molar-refractivity contribution is 0.134. The molecule has 0 saturated carbocycles. The van der Waals surface area contributed by atoms with Crippen molar-refractivity contribution in [3.63, 3.8) is 0 Å². The van der Waals surface area contributed by atoms with E-state index in [0.717, 1.165) is 19.6 Å². The van der Waals surface area contributed by atoms with Gasteiger partial charge >= 0.3 is 0 Å². The second-order valence-corrected chi connectivity index (χ2v) is 4.84. The molecule has 1 rings (SSSR count). The Morgan fingerprint density at radius 2 is 1.06 bits per heavy atom. The van der Waals surface area contributed by atoms with Gasteiger partial charge in [-0.1, -0.05) is 57.1 Å². The number of allylic oxidation sites excluding steroid dienone is 1. The van der Waals surface area contributed by atoms with E-state index in [1.165, 1.54) is 64.2 Å². The van der Waals surface area contributed by atoms with E-state index in [1.807, 2.05) is 0 Å². The van der Waals surface area contributed by atoms with Gasteiger partial charge in [0.2, 0.25) is 0 Å². The Labute approximate surface area is 101 Å². The summed E-state index contributed by atoms with van der Waals surface area (Å²) in [5, 5.41) is 0. The summed E-state index contributed by atoms with van der Waals surface area (Å²) in [6, 6.07) is 0. The third-order valence-corrected chi connectivity index (χ3v) is 3.25. The first-order valence-corrected chi connectivity index (χ1v) is 7.23. The van der Waals surface area contributed by atoms with Crippen molar-refractivity contribution in [3.8, 4) is 0 Å². The molecule has 0 bridgehead atoms. The van der Waals surface area contributed by atoms with E-state index in [-0.39, 0.29) is 0 Å². The van der Waals surface area contributed by atoms with Crippen molar-refractivity contribution in [3.05, 3.63) is 12.2 Å². The average molecular weight is 224 g/mol. The summed E-state index contributed by atoms with van der Waals surface area (Å²) >= 11 is 0. The second kappa shape index (κ2) is 11.2. The van der Waals surface area contributed by atoms with Crippen molar-refractivity contribution >= 4 is 0 Å². The maximum Gasteiger partial charge on any atom is 0.0500 e. The van der Waals surface area contributed by atoms with Gasteiger partial charge in [-0.2, -0.15) is 0 Å². The summed E-state index contributed by atoms with van der Waals surface area (Å²) in [6.45, 7) is 1.88. The number of hydrogen-bond acceptors (Lipinski definition) is 1. The van der Waals surface area contributed by atoms with E-state index in [2.05, 4.69) is 12.2 Å². The standard InChI is InChI=1S/C15H28O/c1-2-4-6-8-10-12-14-16-15-13-11-9-7-5-3-1/h8,10H,1-7,9,11-15H2/b10-8+. The van der Waals surface area contributed by atoms with E-state index < -0.39 is 0 Å². The molecule has 94 valence electrons. The van der Waals surface area contributed by atoms with Crippen molar-refractivity contribution in [2.75, 3.05) is 13.2 Å². The molecule has 1 nitrogen and oxygen atoms in total. The lowest BCUT2D eigenvalue weighted by Crippen LogP contribution is -1.96. The molecule has 1 aliphatic rings. The maximum absolute atomic E-state index is 5.58. The monoisotopic (exact) mass is 224 g/mol. The van der Waals surface area contributed by atoms with Crippen LogP contribution in [0.5, 0.6) is 0 Å². The highest BCUT2D eigenvalue weighted by Gasteiger charge is 1.94. The van der Waals surface area contributed by atoms with Crippen LogP contribution in [0.1, 0.15) is 70.6 Å². The fourth-order valence-corrected chi connectivity index (χ4v) is 2.19. The molecular weight excluding hydrogens is 196 g/mol. The van der Waals surface area contributed by atoms with Crippen LogP contribution >= 0.6 is 0 Å². The Morgan fingerprint density at radius 1 is 0.500 bits per heavy atom. The molecule has 0 aliphatic carbocycles. The molecule has 0 spiro atoms. The average Bonchev–Trinajstić information content (AvgIpc) is 2.29. The van der Waals surface area contributed by atoms with E-state index in [0.29, 0.717) is 0 Å². The van der Waals surface area contributed by atoms with Gasteiger partial charge in [-0.15, -0.1) is 0 Å². The highest BCUT2D eigenvalue weighted by atomic mass is 16.5. The predicted molar refractivity (Wildman–Crippen MR) is 70.7 cm³/mol. The number of ether oxygens (including phenoxy) is 1. The number of hydrogen-bond donors (Lipinski definition) is 0. The van der Waals surface area contributed by atoms with Crippen LogP contribution in [-0.2, 0) is 4.74 Å². The van der Waals surface area contributed by atoms with Crippen LogP contribution in [-0.4, -0.2) is 13.2 Å². The Balaban J connectivity index is 2.07. The summed E-state index contributed by atoms with van der Waals surface area (Å²) in [7, 11) is 0. The maximum atomic E-state index is 5.58. The van der Waals surface area contributed by atoms with Crippen molar-refractivity contribution in [1.29, 1.82) is 0 Å². The van der Waals surface area contributed by atoms with Crippen LogP contribution in [0.2, 0.25) is 0 Å². The Bertz CT molecular complexity index is 145. The van der Waals surface area contributed by atoms with Crippen molar-refractivity contribution < 1.29 is 4.74 Å². The minimum absolute atomic E-state index is 0.913. The van der Waals surface area contributed by atoms with Gasteiger partial charge in [0, 0.05) is 6.61 Å². The van der Waals surface area contributed by atoms with Gasteiger partial charge in [-0.3, -0.25) is 0 Å². The summed E-state index contributed by atoms with van der Waals surface area (Å²) in [4.78, 5) is 0. The Hall–Kier alpha value is -0.300. The predicted octanol–water partition coefficient (Wildman–Crippen LogP) is 4.86. The highest BCUT2D eigenvalue weighted by molar-refractivity contribution is 4.81. The molecule has 1 aliphatic heterocycles. The fourth-order valence-electron chi connectivity index (χ4n) is 2.19. The minimum atomic E-state index is 0.913. The Kier molecular flexibility index (Phi) is 9.63. The Morgan fingerprint density at radius 3 is 1.81 bits per heavy atom. The first kappa shape index (κ1) is 13.8. The van der Waals surface area contributed by atoms with E-state index >= 15 is 0 Å². The molecule has 0 amide bonds. The van der Waals surface area contributed by atoms with Crippen LogP contribution in [0.25, 0.3) is 0 Å². The zero-order valence-electron chi connectivity index (χ0n) is 10.8. The van der Waals surface area contributed by atoms with Crippen molar-refractivity contribution in [2.24, 2.45) is 0 Å². The summed E-state index contributed by atoms with van der Waals surface area (Å²) < 4.78 is 5.58. The van der Waals surface area contributed by atoms with Crippen LogP contribution in [0, 0.1) is 0 Å². The molecule has 0 radical (unpaired) electrons. The quantitative estimate of drug-likeness (QED) is 0.534. The molecule has 16 heavy (non-hydrogen) atoms. The molecule has 0 aromatic rings. The third kappa shape index (κ3) is 8.96. The van der Waals surface area contributed by atoms with Crippen LogP contribution in [0.3, 0.4) is 0 Å². The van der Waals surface area contributed by atoms with Gasteiger partial charge in [-0.05, 0) is 25.7 Å². The molecule has 0 atom stereocenters. The first-order chi connectivity index (χ1) is 8.00. The van der Waals surface area contributed by atoms with Gasteiger partial charge in [0.15, 0.2) is 0 Å². The van der Waals surface area contributed by atoms with Gasteiger partial charge in [-0.25, -0.2) is 0 Å². The van der Waals surface area contributed by atoms with Crippen molar-refractivity contribution in [2.45, 2.75) is 70.6 Å². The third-order valence-electron chi connectivity index (χ3n) is 3.25. The van der Waals surface area contributed by atoms with E-state index in [1.54, 1.807) is 0 Å². The smallest absolute Gasteiger partial charge is 0.0500 e. The second-order valence-electron chi connectivity index (χ2n) is 4.84. The largest absolute Gasteiger partial charge is 0.381 e. The van der Waals surface area contributed by atoms with E-state index in [4.69, 9.17) is 4.74 Å². The number of rotatable bonds is 0. The van der Waals surface area contributed by atoms with Crippen molar-refractivity contribution in [1.82, 2.24) is 0 Å². The molecule has 1 heterocycles. The van der Waals surface area contributed by atoms with Gasteiger partial charge in [0.25, 0.3) is 0 Å². The molecule has 1 heteroatoms. The molecule has 0 aromatic carbocycles. The summed E-state index contributed by atoms with van der Waals surface area (Å²) in [5.74, 6) is 0. The van der Waals surface area contributed by atoms with Crippen LogP contribution in [0.15, 0.2) is 12.2 Å². The normalized spacial score (nSPS) is 25.0. The molecule has 0 unspecified atom stereocenters. The zero-order chi connectivity index (χ0) is 11.3. The molecule has 0 fully saturated rings. The summed E-state index contributed by atoms with van der Waals surface area (Å²) in [5.41, 5.74) is 0. The van der Waals surface area contributed by atoms with Gasteiger partial charge in [0.1, 0.15) is 0 Å². The van der Waals surface area contributed by atoms with Crippen LogP contribution in [0.4, 0.5) is 0 Å². The molecule has 0 aromatic heterocycles. The molecule has 0 N–H and O–H groups in total. The topological polar surface area (TPSA) is 9.23 Å². The zero-order valence-corrected chi connectivity index (χ0v) is 10.8. The minimum Gasteiger partial charge on any atom is -0.381 e. The lowest BCUT2D eigenvalue weighted by Gasteiger charge is -2.04. The SMILES string of the molecule is C1=C/CCOCCCCCCCCCCC/1. The van der Waals surface area contributed by atoms with Gasteiger partial charge in [0.05, 0.1) is 6.61 Å². The summed E-state index contributed by atoms with van der Waals surface area (Å²) in [6.07, 6.45) is 19.5. The first-order valence-electron chi connectivity index (χ1n) is 7.23. The van der Waals surface area contributed by atoms with Gasteiger partial charge < -0.3 is 4.74 Å². The van der Waals surface area contributed by atoms with Crippen LogP contribution < -0.4 is 0 Å². The highest BCUT2D eigenvalue weighted by Crippen LogP contribution is 2.11. The molecular formula is C15H28O. The molecule has 0 saturated heterocycles.